The molecule has 0 spiro atoms. The zero-order chi connectivity index (χ0) is 18.1. The number of carbonyl (C=O) groups is 1. The van der Waals surface area contributed by atoms with E-state index in [0.717, 1.165) is 21.3 Å². The van der Waals surface area contributed by atoms with Crippen LogP contribution in [0, 0.1) is 0 Å². The fourth-order valence-corrected chi connectivity index (χ4v) is 4.34. The van der Waals surface area contributed by atoms with Gasteiger partial charge < -0.3 is 9.88 Å². The number of para-hydroxylation sites is 1. The molecular weight excluding hydrogens is 399 g/mol. The maximum Gasteiger partial charge on any atom is 0.254 e. The summed E-state index contributed by atoms with van der Waals surface area (Å²) in [6.45, 7) is 0. The monoisotopic (exact) mass is 416 g/mol. The Morgan fingerprint density at radius 3 is 2.67 bits per heavy atom. The number of aromatic amines is 1. The van der Waals surface area contributed by atoms with Gasteiger partial charge in [-0.05, 0) is 35.7 Å². The second kappa shape index (κ2) is 8.17. The number of carbonyl (C=O) groups excluding carboxylic acids is 1. The van der Waals surface area contributed by atoms with Gasteiger partial charge in [0, 0.05) is 45.2 Å². The summed E-state index contributed by atoms with van der Waals surface area (Å²) in [5, 5.41) is 3.72. The number of benzene rings is 2. The van der Waals surface area contributed by atoms with Gasteiger partial charge >= 0.3 is 0 Å². The minimum Gasteiger partial charge on any atom is -0.361 e. The molecule has 0 radical (unpaired) electrons. The number of hydrogen-bond donors (Lipinski definition) is 1. The minimum absolute atomic E-state index is 0. The van der Waals surface area contributed by atoms with Crippen molar-refractivity contribution >= 4 is 52.2 Å². The van der Waals surface area contributed by atoms with E-state index in [2.05, 4.69) is 17.1 Å². The van der Waals surface area contributed by atoms with Gasteiger partial charge in [-0.15, -0.1) is 23.7 Å². The molecule has 2 heterocycles. The molecular formula is C21H18Cl2N2OS. The third kappa shape index (κ3) is 3.74. The Balaban J connectivity index is 0.00000210. The van der Waals surface area contributed by atoms with Gasteiger partial charge in [0.2, 0.25) is 0 Å². The van der Waals surface area contributed by atoms with Gasteiger partial charge in [-0.1, -0.05) is 41.9 Å². The van der Waals surface area contributed by atoms with Crippen molar-refractivity contribution in [3.05, 3.63) is 93.3 Å². The van der Waals surface area contributed by atoms with Crippen LogP contribution in [0.2, 0.25) is 5.02 Å². The third-order valence-corrected chi connectivity index (χ3v) is 5.67. The number of amides is 1. The summed E-state index contributed by atoms with van der Waals surface area (Å²) in [5.41, 5.74) is 2.73. The van der Waals surface area contributed by atoms with E-state index in [0.29, 0.717) is 10.6 Å². The number of hydrogen-bond acceptors (Lipinski definition) is 2. The third-order valence-electron chi connectivity index (χ3n) is 4.51. The van der Waals surface area contributed by atoms with Crippen LogP contribution in [-0.4, -0.2) is 22.8 Å². The first-order chi connectivity index (χ1) is 12.6. The van der Waals surface area contributed by atoms with Crippen LogP contribution in [0.4, 0.5) is 0 Å². The van der Waals surface area contributed by atoms with Gasteiger partial charge in [-0.2, -0.15) is 0 Å². The lowest BCUT2D eigenvalue weighted by Crippen LogP contribution is -2.31. The average Bonchev–Trinajstić information content (AvgIpc) is 3.32. The maximum atomic E-state index is 13.1. The zero-order valence-corrected chi connectivity index (χ0v) is 16.9. The molecule has 0 bridgehead atoms. The Hall–Kier alpha value is -2.27. The van der Waals surface area contributed by atoms with Crippen LogP contribution in [0.3, 0.4) is 0 Å². The number of aromatic nitrogens is 1. The SMILES string of the molecule is CN(C(=O)c1cccc(Cl)c1)C(c1cccs1)c1c[nH]c2ccccc12.Cl. The molecule has 0 saturated carbocycles. The van der Waals surface area contributed by atoms with Crippen LogP contribution in [0.15, 0.2) is 72.2 Å². The Morgan fingerprint density at radius 2 is 1.93 bits per heavy atom. The van der Waals surface area contributed by atoms with Crippen LogP contribution >= 0.6 is 35.3 Å². The Morgan fingerprint density at radius 1 is 1.11 bits per heavy atom. The smallest absolute Gasteiger partial charge is 0.254 e. The predicted octanol–water partition coefficient (Wildman–Crippen LogP) is 6.17. The zero-order valence-electron chi connectivity index (χ0n) is 14.6. The molecule has 1 unspecified atom stereocenters. The Labute approximate surface area is 173 Å². The summed E-state index contributed by atoms with van der Waals surface area (Å²) in [5.74, 6) is -0.0591. The highest BCUT2D eigenvalue weighted by atomic mass is 35.5. The van der Waals surface area contributed by atoms with E-state index >= 15 is 0 Å². The van der Waals surface area contributed by atoms with Crippen molar-refractivity contribution < 1.29 is 4.79 Å². The highest BCUT2D eigenvalue weighted by molar-refractivity contribution is 7.10. The van der Waals surface area contributed by atoms with Gasteiger partial charge in [-0.3, -0.25) is 4.79 Å². The summed E-state index contributed by atoms with van der Waals surface area (Å²) >= 11 is 7.72. The number of fused-ring (bicyclic) bond motifs is 1. The summed E-state index contributed by atoms with van der Waals surface area (Å²) in [4.78, 5) is 19.3. The van der Waals surface area contributed by atoms with E-state index in [4.69, 9.17) is 11.6 Å². The molecule has 4 rings (SSSR count). The second-order valence-electron chi connectivity index (χ2n) is 6.13. The van der Waals surface area contributed by atoms with Crippen LogP contribution in [0.25, 0.3) is 10.9 Å². The average molecular weight is 417 g/mol. The van der Waals surface area contributed by atoms with E-state index in [9.17, 15) is 4.79 Å². The summed E-state index contributed by atoms with van der Waals surface area (Å²) in [6, 6.07) is 19.1. The molecule has 4 aromatic rings. The molecule has 1 amide bonds. The molecule has 1 atom stereocenters. The number of rotatable bonds is 4. The molecule has 6 heteroatoms. The van der Waals surface area contributed by atoms with Crippen LogP contribution < -0.4 is 0 Å². The number of thiophene rings is 1. The van der Waals surface area contributed by atoms with Crippen molar-refractivity contribution in [3.8, 4) is 0 Å². The lowest BCUT2D eigenvalue weighted by Gasteiger charge is -2.27. The van der Waals surface area contributed by atoms with Gasteiger partial charge in [0.05, 0.1) is 6.04 Å². The lowest BCUT2D eigenvalue weighted by molar-refractivity contribution is 0.0758. The number of H-pyrrole nitrogens is 1. The predicted molar refractivity (Wildman–Crippen MR) is 115 cm³/mol. The standard InChI is InChI=1S/C21H17ClN2OS.ClH/c1-24(21(25)14-6-4-7-15(22)12-14)20(19-10-5-11-26-19)17-13-23-18-9-3-2-8-16(17)18;/h2-13,20,23H,1H3;1H. The van der Waals surface area contributed by atoms with Crippen LogP contribution in [0.1, 0.15) is 26.8 Å². The Bertz CT molecular complexity index is 1060. The molecule has 138 valence electrons. The first-order valence-electron chi connectivity index (χ1n) is 8.27. The fourth-order valence-electron chi connectivity index (χ4n) is 3.26. The minimum atomic E-state index is -0.169. The van der Waals surface area contributed by atoms with Gasteiger partial charge in [0.1, 0.15) is 0 Å². The van der Waals surface area contributed by atoms with Crippen molar-refractivity contribution in [2.24, 2.45) is 0 Å². The second-order valence-corrected chi connectivity index (χ2v) is 7.55. The topological polar surface area (TPSA) is 36.1 Å². The summed E-state index contributed by atoms with van der Waals surface area (Å²) in [6.07, 6.45) is 2.00. The van der Waals surface area contributed by atoms with Crippen LogP contribution in [-0.2, 0) is 0 Å². The van der Waals surface area contributed by atoms with Crippen molar-refractivity contribution in [1.82, 2.24) is 9.88 Å². The summed E-state index contributed by atoms with van der Waals surface area (Å²) in [7, 11) is 1.84. The largest absolute Gasteiger partial charge is 0.361 e. The maximum absolute atomic E-state index is 13.1. The molecule has 0 fully saturated rings. The van der Waals surface area contributed by atoms with Crippen LogP contribution in [0.5, 0.6) is 0 Å². The molecule has 3 nitrogen and oxygen atoms in total. The molecule has 0 aliphatic heterocycles. The van der Waals surface area contributed by atoms with E-state index in [1.807, 2.05) is 42.9 Å². The lowest BCUT2D eigenvalue weighted by atomic mass is 10.0. The molecule has 0 aliphatic carbocycles. The molecule has 27 heavy (non-hydrogen) atoms. The molecule has 1 N–H and O–H groups in total. The van der Waals surface area contributed by atoms with Crippen molar-refractivity contribution in [2.75, 3.05) is 7.05 Å². The van der Waals surface area contributed by atoms with Crippen molar-refractivity contribution in [2.45, 2.75) is 6.04 Å². The fraction of sp³-hybridized carbons (Fsp3) is 0.0952. The van der Waals surface area contributed by atoms with Gasteiger partial charge in [0.25, 0.3) is 5.91 Å². The number of halogens is 2. The molecule has 0 aliphatic rings. The first-order valence-corrected chi connectivity index (χ1v) is 9.53. The van der Waals surface area contributed by atoms with E-state index in [1.165, 1.54) is 0 Å². The van der Waals surface area contributed by atoms with Crippen molar-refractivity contribution in [1.29, 1.82) is 0 Å². The molecule has 2 aromatic heterocycles. The Kier molecular flexibility index (Phi) is 5.90. The molecule has 2 aromatic carbocycles. The van der Waals surface area contributed by atoms with E-state index in [-0.39, 0.29) is 24.4 Å². The van der Waals surface area contributed by atoms with E-state index in [1.54, 1.807) is 40.5 Å². The number of nitrogens with one attached hydrogen (secondary N) is 1. The van der Waals surface area contributed by atoms with Gasteiger partial charge in [-0.25, -0.2) is 0 Å². The first kappa shape index (κ1) is 19.5. The highest BCUT2D eigenvalue weighted by Gasteiger charge is 2.27. The van der Waals surface area contributed by atoms with Gasteiger partial charge in [0.15, 0.2) is 0 Å². The molecule has 0 saturated heterocycles. The highest BCUT2D eigenvalue weighted by Crippen LogP contribution is 2.36. The van der Waals surface area contributed by atoms with E-state index < -0.39 is 0 Å². The quantitative estimate of drug-likeness (QED) is 0.424. The number of nitrogens with zero attached hydrogens (tertiary/aromatic N) is 1. The normalized spacial score (nSPS) is 11.8. The summed E-state index contributed by atoms with van der Waals surface area (Å²) < 4.78 is 0. The van der Waals surface area contributed by atoms with Crippen molar-refractivity contribution in [3.63, 3.8) is 0 Å².